The largest absolute Gasteiger partial charge is 0.324 e. The quantitative estimate of drug-likeness (QED) is 0.819. The van der Waals surface area contributed by atoms with Crippen molar-refractivity contribution in [3.8, 4) is 0 Å². The first-order valence-corrected chi connectivity index (χ1v) is 8.87. The minimum atomic E-state index is -0.910. The van der Waals surface area contributed by atoms with E-state index in [1.54, 1.807) is 4.90 Å². The van der Waals surface area contributed by atoms with Gasteiger partial charge in [0.05, 0.1) is 5.69 Å². The highest BCUT2D eigenvalue weighted by Gasteiger charge is 2.58. The summed E-state index contributed by atoms with van der Waals surface area (Å²) < 4.78 is 0.813. The Morgan fingerprint density at radius 2 is 1.75 bits per heavy atom. The lowest BCUT2D eigenvalue weighted by atomic mass is 10.0. The third-order valence-corrected chi connectivity index (χ3v) is 5.54. The minimum Gasteiger partial charge on any atom is -0.324 e. The van der Waals surface area contributed by atoms with Gasteiger partial charge in [-0.25, -0.2) is 0 Å². The van der Waals surface area contributed by atoms with E-state index in [1.807, 2.05) is 48.5 Å². The highest BCUT2D eigenvalue weighted by Crippen LogP contribution is 2.49. The predicted molar refractivity (Wildman–Crippen MR) is 96.9 cm³/mol. The molecule has 24 heavy (non-hydrogen) atoms. The molecule has 2 aromatic carbocycles. The normalized spacial score (nSPS) is 17.3. The Kier molecular flexibility index (Phi) is 3.68. The average Bonchev–Trinajstić information content (AvgIpc) is 3.30. The Morgan fingerprint density at radius 1 is 1.04 bits per heavy atom. The first kappa shape index (κ1) is 15.4. The van der Waals surface area contributed by atoms with Gasteiger partial charge in [-0.15, -0.1) is 0 Å². The molecule has 0 bridgehead atoms. The van der Waals surface area contributed by atoms with Crippen molar-refractivity contribution in [2.24, 2.45) is 5.41 Å². The van der Waals surface area contributed by atoms with Crippen LogP contribution in [0.25, 0.3) is 0 Å². The zero-order valence-corrected chi connectivity index (χ0v) is 14.7. The van der Waals surface area contributed by atoms with Crippen LogP contribution in [-0.2, 0) is 16.0 Å². The zero-order valence-electron chi connectivity index (χ0n) is 13.1. The number of carbonyl (C=O) groups is 2. The van der Waals surface area contributed by atoms with Crippen LogP contribution in [0.4, 0.5) is 11.4 Å². The molecule has 4 nitrogen and oxygen atoms in total. The number of halogens is 1. The molecule has 0 radical (unpaired) electrons. The van der Waals surface area contributed by atoms with Crippen LogP contribution in [0.2, 0.25) is 0 Å². The minimum absolute atomic E-state index is 0.0722. The van der Waals surface area contributed by atoms with E-state index >= 15 is 0 Å². The van der Waals surface area contributed by atoms with Crippen molar-refractivity contribution in [3.05, 3.63) is 58.6 Å². The summed E-state index contributed by atoms with van der Waals surface area (Å²) in [6.45, 7) is 0.655. The number of fused-ring (bicyclic) bond motifs is 1. The Labute approximate surface area is 149 Å². The molecule has 1 aliphatic heterocycles. The molecule has 0 atom stereocenters. The number of nitrogens with one attached hydrogen (secondary N) is 1. The molecule has 0 saturated heterocycles. The number of carbonyl (C=O) groups excluding carboxylic acids is 2. The molecular formula is C19H17BrN2O2. The molecule has 122 valence electrons. The molecule has 1 N–H and O–H groups in total. The number of nitrogens with zero attached hydrogens (tertiary/aromatic N) is 1. The number of para-hydroxylation sites is 2. The molecule has 0 unspecified atom stereocenters. The molecule has 4 rings (SSSR count). The lowest BCUT2D eigenvalue weighted by molar-refractivity contribution is -0.132. The second-order valence-electron chi connectivity index (χ2n) is 6.35. The Bertz CT molecular complexity index is 830. The van der Waals surface area contributed by atoms with E-state index in [2.05, 4.69) is 21.2 Å². The van der Waals surface area contributed by atoms with E-state index < -0.39 is 5.41 Å². The van der Waals surface area contributed by atoms with Crippen molar-refractivity contribution in [3.63, 3.8) is 0 Å². The molecule has 1 saturated carbocycles. The van der Waals surface area contributed by atoms with E-state index in [1.165, 1.54) is 5.56 Å². The predicted octanol–water partition coefficient (Wildman–Crippen LogP) is 3.76. The molecule has 0 aromatic heterocycles. The SMILES string of the molecule is O=C(Nc1ccccc1Br)C1(C(=O)N2CCc3ccccc32)CC1. The van der Waals surface area contributed by atoms with E-state index in [9.17, 15) is 9.59 Å². The van der Waals surface area contributed by atoms with Crippen molar-refractivity contribution >= 4 is 39.1 Å². The summed E-state index contributed by atoms with van der Waals surface area (Å²) in [5, 5.41) is 2.91. The maximum atomic E-state index is 13.1. The van der Waals surface area contributed by atoms with Crippen LogP contribution in [-0.4, -0.2) is 18.4 Å². The van der Waals surface area contributed by atoms with Gasteiger partial charge in [0.1, 0.15) is 5.41 Å². The number of hydrogen-bond donors (Lipinski definition) is 1. The van der Waals surface area contributed by atoms with Gasteiger partial charge in [0.2, 0.25) is 11.8 Å². The maximum absolute atomic E-state index is 13.1. The summed E-state index contributed by atoms with van der Waals surface area (Å²) >= 11 is 3.43. The molecular weight excluding hydrogens is 368 g/mol. The van der Waals surface area contributed by atoms with Crippen molar-refractivity contribution < 1.29 is 9.59 Å². The zero-order chi connectivity index (χ0) is 16.7. The van der Waals surface area contributed by atoms with Gasteiger partial charge >= 0.3 is 0 Å². The molecule has 1 aliphatic carbocycles. The number of hydrogen-bond acceptors (Lipinski definition) is 2. The fraction of sp³-hybridized carbons (Fsp3) is 0.263. The van der Waals surface area contributed by atoms with Crippen LogP contribution < -0.4 is 10.2 Å². The van der Waals surface area contributed by atoms with Gasteiger partial charge in [-0.1, -0.05) is 30.3 Å². The van der Waals surface area contributed by atoms with Gasteiger partial charge in [-0.05, 0) is 59.0 Å². The van der Waals surface area contributed by atoms with Crippen LogP contribution in [0, 0.1) is 5.41 Å². The summed E-state index contributed by atoms with van der Waals surface area (Å²) in [4.78, 5) is 27.6. The third-order valence-electron chi connectivity index (χ3n) is 4.85. The van der Waals surface area contributed by atoms with Crippen LogP contribution >= 0.6 is 15.9 Å². The Hall–Kier alpha value is -2.14. The molecule has 2 aromatic rings. The monoisotopic (exact) mass is 384 g/mol. The van der Waals surface area contributed by atoms with Crippen molar-refractivity contribution in [1.82, 2.24) is 0 Å². The first-order valence-electron chi connectivity index (χ1n) is 8.08. The summed E-state index contributed by atoms with van der Waals surface area (Å²) in [5.74, 6) is -0.277. The van der Waals surface area contributed by atoms with Crippen molar-refractivity contribution in [2.45, 2.75) is 19.3 Å². The third kappa shape index (κ3) is 2.44. The van der Waals surface area contributed by atoms with Gasteiger partial charge in [-0.2, -0.15) is 0 Å². The van der Waals surface area contributed by atoms with E-state index in [-0.39, 0.29) is 11.8 Å². The van der Waals surface area contributed by atoms with E-state index in [0.717, 1.165) is 16.6 Å². The topological polar surface area (TPSA) is 49.4 Å². The van der Waals surface area contributed by atoms with E-state index in [0.29, 0.717) is 25.1 Å². The van der Waals surface area contributed by atoms with E-state index in [4.69, 9.17) is 0 Å². The number of benzene rings is 2. The van der Waals surface area contributed by atoms with Crippen LogP contribution in [0.3, 0.4) is 0 Å². The number of anilines is 2. The lowest BCUT2D eigenvalue weighted by Crippen LogP contribution is -2.42. The van der Waals surface area contributed by atoms with Crippen LogP contribution in [0.15, 0.2) is 53.0 Å². The molecule has 0 spiro atoms. The lowest BCUT2D eigenvalue weighted by Gasteiger charge is -2.23. The van der Waals surface area contributed by atoms with Gasteiger partial charge in [0.15, 0.2) is 0 Å². The van der Waals surface area contributed by atoms with Gasteiger partial charge < -0.3 is 10.2 Å². The maximum Gasteiger partial charge on any atom is 0.242 e. The molecule has 2 aliphatic rings. The Morgan fingerprint density at radius 3 is 2.50 bits per heavy atom. The summed E-state index contributed by atoms with van der Waals surface area (Å²) in [7, 11) is 0. The summed E-state index contributed by atoms with van der Waals surface area (Å²) in [6, 6.07) is 15.4. The van der Waals surface area contributed by atoms with Crippen LogP contribution in [0.5, 0.6) is 0 Å². The van der Waals surface area contributed by atoms with Crippen LogP contribution in [0.1, 0.15) is 18.4 Å². The molecule has 1 heterocycles. The van der Waals surface area contributed by atoms with Crippen molar-refractivity contribution in [1.29, 1.82) is 0 Å². The fourth-order valence-corrected chi connectivity index (χ4v) is 3.66. The van der Waals surface area contributed by atoms with Gasteiger partial charge in [0.25, 0.3) is 0 Å². The molecule has 2 amide bonds. The summed E-state index contributed by atoms with van der Waals surface area (Å²) in [5.41, 5.74) is 1.91. The highest BCUT2D eigenvalue weighted by molar-refractivity contribution is 9.10. The Balaban J connectivity index is 1.56. The molecule has 5 heteroatoms. The second-order valence-corrected chi connectivity index (χ2v) is 7.21. The van der Waals surface area contributed by atoms with Crippen molar-refractivity contribution in [2.75, 3.05) is 16.8 Å². The van der Waals surface area contributed by atoms with Gasteiger partial charge in [-0.3, -0.25) is 9.59 Å². The highest BCUT2D eigenvalue weighted by atomic mass is 79.9. The molecule has 1 fully saturated rings. The number of amides is 2. The smallest absolute Gasteiger partial charge is 0.242 e. The standard InChI is InChI=1S/C19H17BrN2O2/c20-14-6-2-3-7-15(14)21-17(23)19(10-11-19)18(24)22-12-9-13-5-1-4-8-16(13)22/h1-8H,9-12H2,(H,21,23). The first-order chi connectivity index (χ1) is 11.6. The van der Waals surface area contributed by atoms with Gasteiger partial charge in [0, 0.05) is 16.7 Å². The second kappa shape index (κ2) is 5.74. The number of rotatable bonds is 3. The average molecular weight is 385 g/mol. The fourth-order valence-electron chi connectivity index (χ4n) is 3.28. The summed E-state index contributed by atoms with van der Waals surface area (Å²) in [6.07, 6.45) is 2.07.